The van der Waals surface area contributed by atoms with Crippen molar-refractivity contribution in [2.45, 2.75) is 88.5 Å². The molecule has 2 aromatic rings. The Kier molecular flexibility index (Phi) is 8.80. The summed E-state index contributed by atoms with van der Waals surface area (Å²) in [5, 5.41) is 6.52. The summed E-state index contributed by atoms with van der Waals surface area (Å²) in [7, 11) is 0. The highest BCUT2D eigenvalue weighted by atomic mass is 32.1. The second kappa shape index (κ2) is 11.2. The maximum Gasteiger partial charge on any atom is 0.217 e. The SMILES string of the molecule is CC(=O)NC(Cc1cc(F)cc(F)c1)C(S)CNC1(c2cccc(C(C)(C)C)c2)CCCCC1. The van der Waals surface area contributed by atoms with Gasteiger partial charge in [0.1, 0.15) is 11.6 Å². The van der Waals surface area contributed by atoms with Crippen LogP contribution in [-0.2, 0) is 22.2 Å². The molecule has 1 saturated carbocycles. The molecule has 0 saturated heterocycles. The zero-order chi connectivity index (χ0) is 24.9. The summed E-state index contributed by atoms with van der Waals surface area (Å²) in [5.41, 5.74) is 3.02. The van der Waals surface area contributed by atoms with Gasteiger partial charge in [-0.2, -0.15) is 12.6 Å². The number of hydrogen-bond acceptors (Lipinski definition) is 3. The number of halogens is 2. The van der Waals surface area contributed by atoms with E-state index in [1.807, 2.05) is 0 Å². The average molecular weight is 489 g/mol. The molecule has 1 amide bonds. The number of hydrogen-bond donors (Lipinski definition) is 3. The molecule has 1 aliphatic rings. The van der Waals surface area contributed by atoms with Crippen LogP contribution in [0.1, 0.15) is 76.5 Å². The lowest BCUT2D eigenvalue weighted by atomic mass is 9.74. The maximum atomic E-state index is 13.7. The van der Waals surface area contributed by atoms with E-state index in [1.54, 1.807) is 0 Å². The first kappa shape index (κ1) is 26.7. The molecular formula is C28H38F2N2OS. The van der Waals surface area contributed by atoms with Gasteiger partial charge in [-0.15, -0.1) is 0 Å². The second-order valence-electron chi connectivity index (χ2n) is 10.7. The fourth-order valence-electron chi connectivity index (χ4n) is 4.98. The van der Waals surface area contributed by atoms with E-state index in [0.29, 0.717) is 18.5 Å². The van der Waals surface area contributed by atoms with Crippen LogP contribution in [0.4, 0.5) is 8.78 Å². The highest BCUT2D eigenvalue weighted by molar-refractivity contribution is 7.81. The first-order valence-electron chi connectivity index (χ1n) is 12.2. The molecule has 2 unspecified atom stereocenters. The molecule has 0 bridgehead atoms. The first-order valence-corrected chi connectivity index (χ1v) is 12.8. The van der Waals surface area contributed by atoms with Crippen LogP contribution in [-0.4, -0.2) is 23.7 Å². The largest absolute Gasteiger partial charge is 0.352 e. The molecule has 6 heteroatoms. The lowest BCUT2D eigenvalue weighted by Gasteiger charge is -2.41. The fraction of sp³-hybridized carbons (Fsp3) is 0.536. The van der Waals surface area contributed by atoms with E-state index in [1.165, 1.54) is 36.6 Å². The minimum Gasteiger partial charge on any atom is -0.352 e. The van der Waals surface area contributed by atoms with Crippen molar-refractivity contribution >= 4 is 18.5 Å². The molecule has 186 valence electrons. The highest BCUT2D eigenvalue weighted by Gasteiger charge is 2.35. The van der Waals surface area contributed by atoms with Crippen molar-refractivity contribution in [3.05, 3.63) is 70.8 Å². The third-order valence-electron chi connectivity index (χ3n) is 6.87. The summed E-state index contributed by atoms with van der Waals surface area (Å²) in [6, 6.07) is 12.0. The smallest absolute Gasteiger partial charge is 0.217 e. The van der Waals surface area contributed by atoms with Gasteiger partial charge in [0.15, 0.2) is 0 Å². The molecule has 1 aliphatic carbocycles. The van der Waals surface area contributed by atoms with E-state index in [9.17, 15) is 13.6 Å². The third kappa shape index (κ3) is 7.05. The molecular weight excluding hydrogens is 450 g/mol. The maximum absolute atomic E-state index is 13.7. The molecule has 0 aromatic heterocycles. The van der Waals surface area contributed by atoms with Crippen LogP contribution in [0, 0.1) is 11.6 Å². The van der Waals surface area contributed by atoms with E-state index in [4.69, 9.17) is 12.6 Å². The molecule has 2 N–H and O–H groups in total. The summed E-state index contributed by atoms with van der Waals surface area (Å²) in [4.78, 5) is 11.9. The van der Waals surface area contributed by atoms with E-state index in [0.717, 1.165) is 31.7 Å². The van der Waals surface area contributed by atoms with Crippen LogP contribution in [0.25, 0.3) is 0 Å². The number of carbonyl (C=O) groups is 1. The summed E-state index contributed by atoms with van der Waals surface area (Å²) in [5.74, 6) is -1.43. The minimum absolute atomic E-state index is 0.0642. The van der Waals surface area contributed by atoms with Gasteiger partial charge in [-0.3, -0.25) is 4.79 Å². The van der Waals surface area contributed by atoms with Gasteiger partial charge in [0, 0.05) is 36.4 Å². The van der Waals surface area contributed by atoms with Crippen LogP contribution >= 0.6 is 12.6 Å². The lowest BCUT2D eigenvalue weighted by molar-refractivity contribution is -0.119. The Bertz CT molecular complexity index is 962. The normalized spacial score (nSPS) is 17.7. The monoisotopic (exact) mass is 488 g/mol. The van der Waals surface area contributed by atoms with Gasteiger partial charge in [-0.1, -0.05) is 64.3 Å². The standard InChI is InChI=1S/C28H38F2N2OS/c1-19(33)32-25(15-20-13-23(29)17-24(30)14-20)26(34)18-31-28(11-6-5-7-12-28)22-10-8-9-21(16-22)27(2,3)4/h8-10,13-14,16-17,25-26,31,34H,5-7,11-12,15,18H2,1-4H3,(H,32,33). The Balaban J connectivity index is 1.80. The molecule has 2 aromatic carbocycles. The predicted octanol–water partition coefficient (Wildman–Crippen LogP) is 6.06. The molecule has 3 rings (SSSR count). The van der Waals surface area contributed by atoms with Crippen molar-refractivity contribution < 1.29 is 13.6 Å². The fourth-order valence-corrected chi connectivity index (χ4v) is 5.25. The van der Waals surface area contributed by atoms with Crippen molar-refractivity contribution in [2.75, 3.05) is 6.54 Å². The molecule has 0 heterocycles. The number of rotatable bonds is 8. The van der Waals surface area contributed by atoms with E-state index < -0.39 is 11.6 Å². The van der Waals surface area contributed by atoms with E-state index >= 15 is 0 Å². The molecule has 3 nitrogen and oxygen atoms in total. The number of benzene rings is 2. The summed E-state index contributed by atoms with van der Waals surface area (Å²) in [6.45, 7) is 8.69. The Morgan fingerprint density at radius 2 is 1.71 bits per heavy atom. The number of thiol groups is 1. The van der Waals surface area contributed by atoms with Gasteiger partial charge in [-0.05, 0) is 53.5 Å². The molecule has 1 fully saturated rings. The van der Waals surface area contributed by atoms with E-state index in [-0.39, 0.29) is 28.2 Å². The van der Waals surface area contributed by atoms with E-state index in [2.05, 4.69) is 55.7 Å². The zero-order valence-electron chi connectivity index (χ0n) is 20.8. The third-order valence-corrected chi connectivity index (χ3v) is 7.41. The summed E-state index contributed by atoms with van der Waals surface area (Å²) < 4.78 is 27.5. The summed E-state index contributed by atoms with van der Waals surface area (Å²) in [6.07, 6.45) is 5.92. The molecule has 0 aliphatic heterocycles. The van der Waals surface area contributed by atoms with Crippen molar-refractivity contribution in [1.82, 2.24) is 10.6 Å². The van der Waals surface area contributed by atoms with Gasteiger partial charge in [0.25, 0.3) is 0 Å². The number of nitrogens with one attached hydrogen (secondary N) is 2. The Morgan fingerprint density at radius 3 is 2.29 bits per heavy atom. The Morgan fingerprint density at radius 1 is 1.06 bits per heavy atom. The van der Waals surface area contributed by atoms with Crippen molar-refractivity contribution in [3.8, 4) is 0 Å². The van der Waals surface area contributed by atoms with Crippen LogP contribution in [0.15, 0.2) is 42.5 Å². The molecule has 34 heavy (non-hydrogen) atoms. The first-order chi connectivity index (χ1) is 16.0. The van der Waals surface area contributed by atoms with Crippen molar-refractivity contribution in [1.29, 1.82) is 0 Å². The number of amides is 1. The second-order valence-corrected chi connectivity index (χ2v) is 11.4. The lowest BCUT2D eigenvalue weighted by Crippen LogP contribution is -2.51. The average Bonchev–Trinajstić information content (AvgIpc) is 2.76. The van der Waals surface area contributed by atoms with Crippen molar-refractivity contribution in [3.63, 3.8) is 0 Å². The number of carbonyl (C=O) groups excluding carboxylic acids is 1. The zero-order valence-corrected chi connectivity index (χ0v) is 21.7. The molecule has 0 radical (unpaired) electrons. The predicted molar refractivity (Wildman–Crippen MR) is 138 cm³/mol. The van der Waals surface area contributed by atoms with Crippen LogP contribution in [0.3, 0.4) is 0 Å². The summed E-state index contributed by atoms with van der Waals surface area (Å²) >= 11 is 4.83. The van der Waals surface area contributed by atoms with Gasteiger partial charge in [-0.25, -0.2) is 8.78 Å². The van der Waals surface area contributed by atoms with Gasteiger partial charge in [0.05, 0.1) is 0 Å². The van der Waals surface area contributed by atoms with Gasteiger partial charge < -0.3 is 10.6 Å². The Labute approximate surface area is 208 Å². The van der Waals surface area contributed by atoms with Crippen LogP contribution in [0.5, 0.6) is 0 Å². The molecule has 0 spiro atoms. The van der Waals surface area contributed by atoms with Crippen LogP contribution in [0.2, 0.25) is 0 Å². The quantitative estimate of drug-likeness (QED) is 0.396. The minimum atomic E-state index is -0.620. The Hall–Kier alpha value is -1.92. The van der Waals surface area contributed by atoms with Crippen molar-refractivity contribution in [2.24, 2.45) is 0 Å². The highest BCUT2D eigenvalue weighted by Crippen LogP contribution is 2.38. The molecule has 2 atom stereocenters. The van der Waals surface area contributed by atoms with Crippen LogP contribution < -0.4 is 10.6 Å². The van der Waals surface area contributed by atoms with Gasteiger partial charge >= 0.3 is 0 Å². The topological polar surface area (TPSA) is 41.1 Å². The van der Waals surface area contributed by atoms with Gasteiger partial charge in [0.2, 0.25) is 5.91 Å².